The number of fused-ring (bicyclic) bond motifs is 1. The van der Waals surface area contributed by atoms with Gasteiger partial charge in [-0.15, -0.1) is 11.3 Å². The van der Waals surface area contributed by atoms with Crippen LogP contribution in [0.15, 0.2) is 72.2 Å². The van der Waals surface area contributed by atoms with Crippen LogP contribution in [0.3, 0.4) is 0 Å². The molecule has 1 saturated carbocycles. The molecular weight excluding hydrogens is 560 g/mol. The summed E-state index contributed by atoms with van der Waals surface area (Å²) in [6.07, 6.45) is 6.03. The number of ether oxygens (including phenoxy) is 1. The van der Waals surface area contributed by atoms with E-state index in [1.807, 2.05) is 47.9 Å². The van der Waals surface area contributed by atoms with Gasteiger partial charge in [-0.25, -0.2) is 9.97 Å². The highest BCUT2D eigenvalue weighted by Gasteiger charge is 2.40. The zero-order valence-corrected chi connectivity index (χ0v) is 25.0. The highest BCUT2D eigenvalue weighted by molar-refractivity contribution is 7.10. The van der Waals surface area contributed by atoms with Crippen molar-refractivity contribution in [3.63, 3.8) is 0 Å². The maximum Gasteiger partial charge on any atom is 0.255 e. The molecule has 43 heavy (non-hydrogen) atoms. The van der Waals surface area contributed by atoms with E-state index in [1.165, 1.54) is 0 Å². The molecule has 9 nitrogen and oxygen atoms in total. The predicted molar refractivity (Wildman–Crippen MR) is 170 cm³/mol. The van der Waals surface area contributed by atoms with E-state index in [0.29, 0.717) is 35.7 Å². The summed E-state index contributed by atoms with van der Waals surface area (Å²) in [6.45, 7) is 2.86. The highest BCUT2D eigenvalue weighted by atomic mass is 32.1. The maximum atomic E-state index is 12.9. The zero-order chi connectivity index (χ0) is 30.0. The number of pyridine rings is 1. The van der Waals surface area contributed by atoms with Crippen molar-refractivity contribution in [1.29, 1.82) is 0 Å². The molecule has 0 radical (unpaired) electrons. The number of rotatable bonds is 9. The molecule has 10 heteroatoms. The van der Waals surface area contributed by atoms with E-state index >= 15 is 0 Å². The van der Waals surface area contributed by atoms with Gasteiger partial charge in [-0.2, -0.15) is 0 Å². The molecule has 1 fully saturated rings. The first-order valence-electron chi connectivity index (χ1n) is 14.4. The van der Waals surface area contributed by atoms with E-state index < -0.39 is 0 Å². The standard InChI is InChI=1S/C33H34N6O3S/c1-21-29(39-19-23(11-14-28(39)36-21)30(40)35-17-18-42-2)27-20-43-32(38-27)33(15-5-6-16-33)24-12-9-22(10-13-24)31(41)37-26-8-4-3-7-25(26)34/h3-4,7-14,19-20H,5-6,15-18,34H2,1-2H3,(H,35,40)(H,37,41). The van der Waals surface area contributed by atoms with Crippen LogP contribution in [0.4, 0.5) is 11.4 Å². The van der Waals surface area contributed by atoms with Gasteiger partial charge in [0.1, 0.15) is 16.3 Å². The molecule has 0 atom stereocenters. The molecular formula is C33H34N6O3S. The lowest BCUT2D eigenvalue weighted by atomic mass is 9.79. The molecule has 220 valence electrons. The van der Waals surface area contributed by atoms with Crippen molar-refractivity contribution in [3.05, 3.63) is 99.6 Å². The number of aromatic nitrogens is 3. The Balaban J connectivity index is 1.29. The first kappa shape index (κ1) is 28.6. The molecule has 3 aromatic heterocycles. The summed E-state index contributed by atoms with van der Waals surface area (Å²) in [5, 5.41) is 8.92. The van der Waals surface area contributed by atoms with E-state index in [1.54, 1.807) is 36.6 Å². The number of anilines is 2. The van der Waals surface area contributed by atoms with Crippen molar-refractivity contribution in [2.24, 2.45) is 0 Å². The molecule has 0 unspecified atom stereocenters. The number of carbonyl (C=O) groups is 2. The van der Waals surface area contributed by atoms with Crippen molar-refractivity contribution in [3.8, 4) is 11.4 Å². The van der Waals surface area contributed by atoms with Crippen LogP contribution in [0.1, 0.15) is 62.7 Å². The van der Waals surface area contributed by atoms with E-state index in [-0.39, 0.29) is 17.2 Å². The van der Waals surface area contributed by atoms with E-state index in [2.05, 4.69) is 28.1 Å². The molecule has 5 aromatic rings. The van der Waals surface area contributed by atoms with Crippen molar-refractivity contribution >= 4 is 40.2 Å². The van der Waals surface area contributed by atoms with Gasteiger partial charge >= 0.3 is 0 Å². The van der Waals surface area contributed by atoms with Gasteiger partial charge in [0, 0.05) is 36.2 Å². The second kappa shape index (κ2) is 12.0. The van der Waals surface area contributed by atoms with E-state index in [0.717, 1.165) is 59.0 Å². The van der Waals surface area contributed by atoms with Gasteiger partial charge in [0.05, 0.1) is 34.9 Å². The third-order valence-electron chi connectivity index (χ3n) is 8.17. The van der Waals surface area contributed by atoms with Gasteiger partial charge in [0.15, 0.2) is 0 Å². The van der Waals surface area contributed by atoms with Crippen molar-refractivity contribution in [1.82, 2.24) is 19.7 Å². The zero-order valence-electron chi connectivity index (χ0n) is 24.2. The highest BCUT2D eigenvalue weighted by Crippen LogP contribution is 2.48. The summed E-state index contributed by atoms with van der Waals surface area (Å²) in [5.74, 6) is -0.360. The number of nitrogens with two attached hydrogens (primary N) is 1. The summed E-state index contributed by atoms with van der Waals surface area (Å²) in [7, 11) is 1.61. The second-order valence-corrected chi connectivity index (χ2v) is 11.7. The molecule has 1 aliphatic carbocycles. The Kier molecular flexibility index (Phi) is 7.96. The fraction of sp³-hybridized carbons (Fsp3) is 0.273. The third kappa shape index (κ3) is 5.51. The van der Waals surface area contributed by atoms with Gasteiger partial charge in [-0.3, -0.25) is 14.0 Å². The van der Waals surface area contributed by atoms with Gasteiger partial charge in [0.2, 0.25) is 0 Å². The summed E-state index contributed by atoms with van der Waals surface area (Å²) >= 11 is 1.66. The number of thiazole rings is 1. The Morgan fingerprint density at radius 1 is 1.00 bits per heavy atom. The average Bonchev–Trinajstić information content (AvgIpc) is 3.77. The number of methoxy groups -OCH3 is 1. The van der Waals surface area contributed by atoms with Gasteiger partial charge in [-0.1, -0.05) is 37.1 Å². The van der Waals surface area contributed by atoms with E-state index in [4.69, 9.17) is 20.4 Å². The Morgan fingerprint density at radius 3 is 2.49 bits per heavy atom. The Hall–Kier alpha value is -4.54. The van der Waals surface area contributed by atoms with Crippen LogP contribution < -0.4 is 16.4 Å². The summed E-state index contributed by atoms with van der Waals surface area (Å²) in [4.78, 5) is 35.6. The Labute approximate surface area is 254 Å². The van der Waals surface area contributed by atoms with Crippen LogP contribution in [0.2, 0.25) is 0 Å². The Morgan fingerprint density at radius 2 is 1.74 bits per heavy atom. The monoisotopic (exact) mass is 594 g/mol. The van der Waals surface area contributed by atoms with Crippen LogP contribution in [0.25, 0.3) is 17.0 Å². The fourth-order valence-corrected chi connectivity index (χ4v) is 7.01. The average molecular weight is 595 g/mol. The minimum absolute atomic E-state index is 0.163. The first-order valence-corrected chi connectivity index (χ1v) is 15.3. The SMILES string of the molecule is COCCNC(=O)c1ccc2nc(C)c(-c3csc(C4(c5ccc(C(=O)Nc6ccccc6N)cc5)CCCC4)n3)n2c1. The summed E-state index contributed by atoms with van der Waals surface area (Å²) in [6, 6.07) is 18.8. The van der Waals surface area contributed by atoms with Crippen LogP contribution >= 0.6 is 11.3 Å². The van der Waals surface area contributed by atoms with Crippen LogP contribution in [0, 0.1) is 6.92 Å². The van der Waals surface area contributed by atoms with Crippen LogP contribution in [-0.4, -0.2) is 46.4 Å². The maximum absolute atomic E-state index is 12.9. The third-order valence-corrected chi connectivity index (χ3v) is 9.22. The largest absolute Gasteiger partial charge is 0.397 e. The molecule has 0 spiro atoms. The molecule has 3 heterocycles. The molecule has 0 aliphatic heterocycles. The molecule has 0 saturated heterocycles. The summed E-state index contributed by atoms with van der Waals surface area (Å²) in [5.41, 5.74) is 12.5. The topological polar surface area (TPSA) is 124 Å². The lowest BCUT2D eigenvalue weighted by Gasteiger charge is -2.27. The molecule has 4 N–H and O–H groups in total. The van der Waals surface area contributed by atoms with Gasteiger partial charge < -0.3 is 21.1 Å². The molecule has 2 aromatic carbocycles. The first-order chi connectivity index (χ1) is 20.9. The lowest BCUT2D eigenvalue weighted by Crippen LogP contribution is -2.27. The minimum Gasteiger partial charge on any atom is -0.397 e. The number of imidazole rings is 1. The Bertz CT molecular complexity index is 1790. The minimum atomic E-state index is -0.220. The molecule has 0 bridgehead atoms. The number of aryl methyl sites for hydroxylation is 1. The normalized spacial score (nSPS) is 14.2. The number of nitrogen functional groups attached to an aromatic ring is 1. The number of carbonyl (C=O) groups excluding carboxylic acids is 2. The predicted octanol–water partition coefficient (Wildman–Crippen LogP) is 5.84. The van der Waals surface area contributed by atoms with Crippen molar-refractivity contribution in [2.75, 3.05) is 31.3 Å². The second-order valence-electron chi connectivity index (χ2n) is 10.9. The number of para-hydroxylation sites is 2. The van der Waals surface area contributed by atoms with E-state index in [9.17, 15) is 9.59 Å². The van der Waals surface area contributed by atoms with Crippen LogP contribution in [-0.2, 0) is 10.2 Å². The number of hydrogen-bond acceptors (Lipinski definition) is 7. The number of nitrogens with one attached hydrogen (secondary N) is 2. The lowest BCUT2D eigenvalue weighted by molar-refractivity contribution is 0.0936. The van der Waals surface area contributed by atoms with Gasteiger partial charge in [0.25, 0.3) is 11.8 Å². The summed E-state index contributed by atoms with van der Waals surface area (Å²) < 4.78 is 7.00. The van der Waals surface area contributed by atoms with Crippen molar-refractivity contribution in [2.45, 2.75) is 38.0 Å². The molecule has 1 aliphatic rings. The fourth-order valence-electron chi connectivity index (χ4n) is 5.93. The number of amides is 2. The smallest absolute Gasteiger partial charge is 0.255 e. The van der Waals surface area contributed by atoms with Crippen LogP contribution in [0.5, 0.6) is 0 Å². The van der Waals surface area contributed by atoms with Gasteiger partial charge in [-0.05, 0) is 61.7 Å². The number of benzene rings is 2. The van der Waals surface area contributed by atoms with Crippen molar-refractivity contribution < 1.29 is 14.3 Å². The number of nitrogens with zero attached hydrogens (tertiary/aromatic N) is 3. The molecule has 6 rings (SSSR count). The molecule has 2 amide bonds. The quantitative estimate of drug-likeness (QED) is 0.146. The number of hydrogen-bond donors (Lipinski definition) is 3.